The lowest BCUT2D eigenvalue weighted by Crippen LogP contribution is -2.43. The number of likely N-dealkylation sites (N-methyl/N-ethyl adjacent to an activating group) is 1. The Hall–Kier alpha value is -0.870. The normalized spacial score (nSPS) is 21.3. The third-order valence-corrected chi connectivity index (χ3v) is 4.04. The molecule has 4 nitrogen and oxygen atoms in total. The van der Waals surface area contributed by atoms with Crippen LogP contribution in [0.2, 0.25) is 0 Å². The summed E-state index contributed by atoms with van der Waals surface area (Å²) in [5.41, 5.74) is 2.56. The van der Waals surface area contributed by atoms with Crippen molar-refractivity contribution in [1.82, 2.24) is 20.4 Å². The molecule has 2 rings (SSSR count). The highest BCUT2D eigenvalue weighted by Gasteiger charge is 2.17. The summed E-state index contributed by atoms with van der Waals surface area (Å²) in [7, 11) is 2.25. The molecule has 2 heterocycles. The summed E-state index contributed by atoms with van der Waals surface area (Å²) in [6.07, 6.45) is 8.37. The van der Waals surface area contributed by atoms with E-state index in [4.69, 9.17) is 0 Å². The van der Waals surface area contributed by atoms with Gasteiger partial charge in [-0.25, -0.2) is 0 Å². The standard InChI is InChI=1S/C14H26N4/c1-12-13(10-16-17-12)6-5-8-15-11-14-7-3-4-9-18(14)2/h10,14-15H,3-9,11H2,1-2H3,(H,16,17). The molecule has 1 aromatic heterocycles. The lowest BCUT2D eigenvalue weighted by atomic mass is 10.0. The van der Waals surface area contributed by atoms with Crippen molar-refractivity contribution >= 4 is 0 Å². The molecular weight excluding hydrogens is 224 g/mol. The number of hydrogen-bond acceptors (Lipinski definition) is 3. The summed E-state index contributed by atoms with van der Waals surface area (Å²) >= 11 is 0. The third-order valence-electron chi connectivity index (χ3n) is 4.04. The van der Waals surface area contributed by atoms with E-state index in [-0.39, 0.29) is 0 Å². The van der Waals surface area contributed by atoms with Gasteiger partial charge in [-0.2, -0.15) is 5.10 Å². The minimum Gasteiger partial charge on any atom is -0.315 e. The third kappa shape index (κ3) is 3.82. The maximum atomic E-state index is 4.05. The molecule has 1 aromatic rings. The first kappa shape index (κ1) is 13.6. The van der Waals surface area contributed by atoms with Gasteiger partial charge in [-0.05, 0) is 58.3 Å². The second-order valence-corrected chi connectivity index (χ2v) is 5.46. The molecular formula is C14H26N4. The van der Waals surface area contributed by atoms with Crippen molar-refractivity contribution in [3.8, 4) is 0 Å². The van der Waals surface area contributed by atoms with Crippen LogP contribution in [0, 0.1) is 6.92 Å². The number of rotatable bonds is 6. The fraction of sp³-hybridized carbons (Fsp3) is 0.786. The van der Waals surface area contributed by atoms with Gasteiger partial charge in [0, 0.05) is 18.3 Å². The van der Waals surface area contributed by atoms with E-state index >= 15 is 0 Å². The number of nitrogens with one attached hydrogen (secondary N) is 2. The Morgan fingerprint density at radius 1 is 1.50 bits per heavy atom. The Morgan fingerprint density at radius 3 is 3.11 bits per heavy atom. The first-order valence-electron chi connectivity index (χ1n) is 7.17. The number of hydrogen-bond donors (Lipinski definition) is 2. The van der Waals surface area contributed by atoms with Gasteiger partial charge in [-0.15, -0.1) is 0 Å². The lowest BCUT2D eigenvalue weighted by molar-refractivity contribution is 0.182. The van der Waals surface area contributed by atoms with Crippen LogP contribution in [0.4, 0.5) is 0 Å². The summed E-state index contributed by atoms with van der Waals surface area (Å²) < 4.78 is 0. The highest BCUT2D eigenvalue weighted by atomic mass is 15.2. The van der Waals surface area contributed by atoms with Gasteiger partial charge in [0.1, 0.15) is 0 Å². The maximum absolute atomic E-state index is 4.05. The number of aromatic nitrogens is 2. The van der Waals surface area contributed by atoms with E-state index in [1.165, 1.54) is 43.5 Å². The van der Waals surface area contributed by atoms with Crippen molar-refractivity contribution in [3.63, 3.8) is 0 Å². The van der Waals surface area contributed by atoms with E-state index < -0.39 is 0 Å². The van der Waals surface area contributed by atoms with Gasteiger partial charge in [0.25, 0.3) is 0 Å². The van der Waals surface area contributed by atoms with Crippen LogP contribution in [-0.2, 0) is 6.42 Å². The fourth-order valence-electron chi connectivity index (χ4n) is 2.70. The molecule has 0 bridgehead atoms. The van der Waals surface area contributed by atoms with Crippen LogP contribution in [0.1, 0.15) is 36.9 Å². The number of H-pyrrole nitrogens is 1. The van der Waals surface area contributed by atoms with Crippen molar-refractivity contribution < 1.29 is 0 Å². The average Bonchev–Trinajstić information content (AvgIpc) is 2.77. The fourth-order valence-corrected chi connectivity index (χ4v) is 2.70. The Labute approximate surface area is 110 Å². The quantitative estimate of drug-likeness (QED) is 0.756. The van der Waals surface area contributed by atoms with Crippen LogP contribution in [-0.4, -0.2) is 47.8 Å². The van der Waals surface area contributed by atoms with E-state index in [1.807, 2.05) is 6.20 Å². The minimum atomic E-state index is 0.745. The van der Waals surface area contributed by atoms with Gasteiger partial charge in [0.05, 0.1) is 6.20 Å². The molecule has 4 heteroatoms. The zero-order valence-corrected chi connectivity index (χ0v) is 11.7. The molecule has 0 aromatic carbocycles. The van der Waals surface area contributed by atoms with E-state index in [2.05, 4.69) is 34.4 Å². The Bertz CT molecular complexity index is 347. The zero-order chi connectivity index (χ0) is 12.8. The molecule has 1 saturated heterocycles. The van der Waals surface area contributed by atoms with Crippen LogP contribution in [0.15, 0.2) is 6.20 Å². The molecule has 0 radical (unpaired) electrons. The first-order valence-corrected chi connectivity index (χ1v) is 7.17. The van der Waals surface area contributed by atoms with E-state index in [0.29, 0.717) is 0 Å². The van der Waals surface area contributed by atoms with Gasteiger partial charge >= 0.3 is 0 Å². The van der Waals surface area contributed by atoms with E-state index in [9.17, 15) is 0 Å². The minimum absolute atomic E-state index is 0.745. The number of aromatic amines is 1. The second kappa shape index (κ2) is 6.90. The van der Waals surface area contributed by atoms with Crippen molar-refractivity contribution in [2.75, 3.05) is 26.7 Å². The molecule has 102 valence electrons. The number of nitrogens with zero attached hydrogens (tertiary/aromatic N) is 2. The predicted octanol–water partition coefficient (Wildman–Crippen LogP) is 1.72. The SMILES string of the molecule is Cc1[nH]ncc1CCCNCC1CCCCN1C. The van der Waals surface area contributed by atoms with Gasteiger partial charge < -0.3 is 10.2 Å². The Morgan fingerprint density at radius 2 is 2.39 bits per heavy atom. The van der Waals surface area contributed by atoms with Gasteiger partial charge in [-0.1, -0.05) is 6.42 Å². The smallest absolute Gasteiger partial charge is 0.0522 e. The second-order valence-electron chi connectivity index (χ2n) is 5.46. The van der Waals surface area contributed by atoms with E-state index in [1.54, 1.807) is 0 Å². The molecule has 1 aliphatic heterocycles. The molecule has 0 amide bonds. The Kier molecular flexibility index (Phi) is 5.20. The van der Waals surface area contributed by atoms with Crippen molar-refractivity contribution in [1.29, 1.82) is 0 Å². The van der Waals surface area contributed by atoms with Gasteiger partial charge in [0.15, 0.2) is 0 Å². The summed E-state index contributed by atoms with van der Waals surface area (Å²) in [5, 5.41) is 10.6. The van der Waals surface area contributed by atoms with Gasteiger partial charge in [0.2, 0.25) is 0 Å². The van der Waals surface area contributed by atoms with Crippen molar-refractivity contribution in [2.45, 2.75) is 45.1 Å². The van der Waals surface area contributed by atoms with Crippen LogP contribution in [0.3, 0.4) is 0 Å². The zero-order valence-electron chi connectivity index (χ0n) is 11.7. The maximum Gasteiger partial charge on any atom is 0.0522 e. The average molecular weight is 250 g/mol. The van der Waals surface area contributed by atoms with E-state index in [0.717, 1.165) is 25.6 Å². The first-order chi connectivity index (χ1) is 8.77. The molecule has 2 N–H and O–H groups in total. The molecule has 1 unspecified atom stereocenters. The van der Waals surface area contributed by atoms with Crippen LogP contribution < -0.4 is 5.32 Å². The van der Waals surface area contributed by atoms with Crippen LogP contribution in [0.25, 0.3) is 0 Å². The highest BCUT2D eigenvalue weighted by molar-refractivity contribution is 5.14. The molecule has 1 fully saturated rings. The van der Waals surface area contributed by atoms with Gasteiger partial charge in [-0.3, -0.25) is 5.10 Å². The summed E-state index contributed by atoms with van der Waals surface area (Å²) in [5.74, 6) is 0. The summed E-state index contributed by atoms with van der Waals surface area (Å²) in [6.45, 7) is 5.60. The highest BCUT2D eigenvalue weighted by Crippen LogP contribution is 2.14. The van der Waals surface area contributed by atoms with Crippen molar-refractivity contribution in [3.05, 3.63) is 17.5 Å². The molecule has 0 saturated carbocycles. The van der Waals surface area contributed by atoms with Crippen LogP contribution in [0.5, 0.6) is 0 Å². The molecule has 1 atom stereocenters. The van der Waals surface area contributed by atoms with Crippen molar-refractivity contribution in [2.24, 2.45) is 0 Å². The number of piperidine rings is 1. The predicted molar refractivity (Wildman–Crippen MR) is 74.8 cm³/mol. The lowest BCUT2D eigenvalue weighted by Gasteiger charge is -2.32. The topological polar surface area (TPSA) is 44.0 Å². The molecule has 18 heavy (non-hydrogen) atoms. The largest absolute Gasteiger partial charge is 0.315 e. The Balaban J connectivity index is 1.57. The molecule has 1 aliphatic rings. The van der Waals surface area contributed by atoms with Crippen LogP contribution >= 0.6 is 0 Å². The summed E-state index contributed by atoms with van der Waals surface area (Å²) in [4.78, 5) is 2.50. The molecule has 0 spiro atoms. The molecule has 0 aliphatic carbocycles. The summed E-state index contributed by atoms with van der Waals surface area (Å²) in [6, 6.07) is 0.745. The number of likely N-dealkylation sites (tertiary alicyclic amines) is 1. The monoisotopic (exact) mass is 250 g/mol. The number of aryl methyl sites for hydroxylation is 2.